The Labute approximate surface area is 118 Å². The zero-order valence-electron chi connectivity index (χ0n) is 11.4. The quantitative estimate of drug-likeness (QED) is 0.717. The molecule has 0 unspecified atom stereocenters. The number of hydrogen-bond donors (Lipinski definition) is 0. The molecule has 0 fully saturated rings. The van der Waals surface area contributed by atoms with Crippen LogP contribution in [0.5, 0.6) is 5.75 Å². The lowest BCUT2D eigenvalue weighted by atomic mass is 10.1. The molecule has 0 saturated carbocycles. The van der Waals surface area contributed by atoms with E-state index in [0.717, 1.165) is 12.3 Å². The van der Waals surface area contributed by atoms with Crippen LogP contribution in [-0.2, 0) is 6.54 Å². The fourth-order valence-corrected chi connectivity index (χ4v) is 2.18. The number of rotatable bonds is 4. The third kappa shape index (κ3) is 2.72. The van der Waals surface area contributed by atoms with E-state index >= 15 is 0 Å². The van der Waals surface area contributed by atoms with Gasteiger partial charge < -0.3 is 9.30 Å². The average Bonchev–Trinajstić information content (AvgIpc) is 3.00. The van der Waals surface area contributed by atoms with Crippen molar-refractivity contribution in [2.45, 2.75) is 6.54 Å². The molecule has 3 rings (SSSR count). The molecule has 0 bridgehead atoms. The number of ether oxygens (including phenoxy) is 1. The first-order chi connectivity index (χ1) is 9.85. The summed E-state index contributed by atoms with van der Waals surface area (Å²) in [5.74, 6) is 0.890. The first-order valence-corrected chi connectivity index (χ1v) is 6.55. The maximum Gasteiger partial charge on any atom is 0.119 e. The van der Waals surface area contributed by atoms with Crippen molar-refractivity contribution in [3.8, 4) is 5.75 Å². The van der Waals surface area contributed by atoms with E-state index in [0.29, 0.717) is 0 Å². The normalized spacial score (nSPS) is 11.2. The van der Waals surface area contributed by atoms with Crippen LogP contribution in [0.15, 0.2) is 61.2 Å². The minimum atomic E-state index is 0.834. The molecule has 100 valence electrons. The number of benzene rings is 2. The summed E-state index contributed by atoms with van der Waals surface area (Å²) in [6.45, 7) is 0.834. The second-order valence-electron chi connectivity index (χ2n) is 4.63. The van der Waals surface area contributed by atoms with Gasteiger partial charge in [-0.1, -0.05) is 30.4 Å². The summed E-state index contributed by atoms with van der Waals surface area (Å²) >= 11 is 0. The lowest BCUT2D eigenvalue weighted by Crippen LogP contribution is -1.89. The van der Waals surface area contributed by atoms with Gasteiger partial charge in [0, 0.05) is 18.9 Å². The Hall–Kier alpha value is -2.55. The fourth-order valence-electron chi connectivity index (χ4n) is 2.18. The number of methoxy groups -OCH3 is 1. The third-order valence-electron chi connectivity index (χ3n) is 3.26. The van der Waals surface area contributed by atoms with Crippen LogP contribution < -0.4 is 4.74 Å². The highest BCUT2D eigenvalue weighted by molar-refractivity contribution is 5.86. The van der Waals surface area contributed by atoms with Crippen LogP contribution in [0.3, 0.4) is 0 Å². The fraction of sp³-hybridized carbons (Fsp3) is 0.118. The maximum absolute atomic E-state index is 5.24. The highest BCUT2D eigenvalue weighted by atomic mass is 16.5. The molecular weight excluding hydrogens is 248 g/mol. The van der Waals surface area contributed by atoms with E-state index < -0.39 is 0 Å². The Kier molecular flexibility index (Phi) is 3.50. The highest BCUT2D eigenvalue weighted by Gasteiger charge is 1.97. The van der Waals surface area contributed by atoms with E-state index in [-0.39, 0.29) is 0 Å². The van der Waals surface area contributed by atoms with E-state index in [9.17, 15) is 0 Å². The summed E-state index contributed by atoms with van der Waals surface area (Å²) in [7, 11) is 1.69. The minimum Gasteiger partial charge on any atom is -0.497 e. The first-order valence-electron chi connectivity index (χ1n) is 6.55. The monoisotopic (exact) mass is 264 g/mol. The van der Waals surface area contributed by atoms with Gasteiger partial charge in [0.25, 0.3) is 0 Å². The van der Waals surface area contributed by atoms with E-state index in [2.05, 4.69) is 41.4 Å². The summed E-state index contributed by atoms with van der Waals surface area (Å²) in [5.41, 5.74) is 1.20. The number of allylic oxidation sites excluding steroid dienone is 1. The van der Waals surface area contributed by atoms with E-state index in [4.69, 9.17) is 4.74 Å². The maximum atomic E-state index is 5.24. The first kappa shape index (κ1) is 12.5. The largest absolute Gasteiger partial charge is 0.497 e. The SMILES string of the molecule is COc1ccc2cc(C=CCn3ccnc3)ccc2c1. The molecule has 3 aromatic rings. The summed E-state index contributed by atoms with van der Waals surface area (Å²) in [6, 6.07) is 12.5. The smallest absolute Gasteiger partial charge is 0.119 e. The van der Waals surface area contributed by atoms with Gasteiger partial charge in [0.15, 0.2) is 0 Å². The summed E-state index contributed by atoms with van der Waals surface area (Å²) in [6.07, 6.45) is 9.82. The van der Waals surface area contributed by atoms with Crippen LogP contribution in [0, 0.1) is 0 Å². The molecule has 1 heterocycles. The Bertz CT molecular complexity index is 730. The molecule has 0 aliphatic rings. The van der Waals surface area contributed by atoms with E-state index in [1.807, 2.05) is 29.2 Å². The number of hydrogen-bond acceptors (Lipinski definition) is 2. The highest BCUT2D eigenvalue weighted by Crippen LogP contribution is 2.22. The second kappa shape index (κ2) is 5.61. The number of imidazole rings is 1. The zero-order valence-corrected chi connectivity index (χ0v) is 11.4. The van der Waals surface area contributed by atoms with Crippen molar-refractivity contribution in [1.82, 2.24) is 9.55 Å². The summed E-state index contributed by atoms with van der Waals surface area (Å²) in [4.78, 5) is 4.02. The molecule has 0 aliphatic heterocycles. The van der Waals surface area contributed by atoms with Crippen LogP contribution in [0.25, 0.3) is 16.8 Å². The minimum absolute atomic E-state index is 0.834. The summed E-state index contributed by atoms with van der Waals surface area (Å²) < 4.78 is 7.27. The molecule has 0 N–H and O–H groups in total. The van der Waals surface area contributed by atoms with Gasteiger partial charge in [-0.05, 0) is 34.5 Å². The molecule has 1 aromatic heterocycles. The van der Waals surface area contributed by atoms with Gasteiger partial charge in [0.05, 0.1) is 13.4 Å². The molecule has 0 saturated heterocycles. The Balaban J connectivity index is 1.80. The van der Waals surface area contributed by atoms with Gasteiger partial charge in [-0.15, -0.1) is 0 Å². The van der Waals surface area contributed by atoms with Gasteiger partial charge in [0.2, 0.25) is 0 Å². The predicted octanol–water partition coefficient (Wildman–Crippen LogP) is 3.76. The lowest BCUT2D eigenvalue weighted by Gasteiger charge is -2.03. The molecule has 3 heteroatoms. The van der Waals surface area contributed by atoms with E-state index in [1.54, 1.807) is 13.3 Å². The molecular formula is C17H16N2O. The van der Waals surface area contributed by atoms with Crippen molar-refractivity contribution in [3.05, 3.63) is 66.8 Å². The van der Waals surface area contributed by atoms with Gasteiger partial charge in [-0.25, -0.2) is 4.98 Å². The van der Waals surface area contributed by atoms with E-state index in [1.165, 1.54) is 16.3 Å². The van der Waals surface area contributed by atoms with Gasteiger partial charge >= 0.3 is 0 Å². The van der Waals surface area contributed by atoms with Crippen molar-refractivity contribution in [1.29, 1.82) is 0 Å². The van der Waals surface area contributed by atoms with Crippen LogP contribution in [0.4, 0.5) is 0 Å². The molecule has 0 atom stereocenters. The molecule has 0 aliphatic carbocycles. The standard InChI is InChI=1S/C17H16N2O/c1-20-17-7-6-15-11-14(4-5-16(15)12-17)3-2-9-19-10-8-18-13-19/h2-8,10-13H,9H2,1H3. The molecule has 0 amide bonds. The van der Waals surface area contributed by atoms with Crippen LogP contribution >= 0.6 is 0 Å². The summed E-state index contributed by atoms with van der Waals surface area (Å²) in [5, 5.41) is 2.41. The third-order valence-corrected chi connectivity index (χ3v) is 3.26. The van der Waals surface area contributed by atoms with Gasteiger partial charge in [-0.3, -0.25) is 0 Å². The number of aromatic nitrogens is 2. The van der Waals surface area contributed by atoms with Crippen molar-refractivity contribution in [2.24, 2.45) is 0 Å². The van der Waals surface area contributed by atoms with Crippen molar-refractivity contribution in [3.63, 3.8) is 0 Å². The molecule has 3 nitrogen and oxygen atoms in total. The van der Waals surface area contributed by atoms with Crippen LogP contribution in [0.1, 0.15) is 5.56 Å². The average molecular weight is 264 g/mol. The van der Waals surface area contributed by atoms with Crippen molar-refractivity contribution >= 4 is 16.8 Å². The Morgan fingerprint density at radius 3 is 2.80 bits per heavy atom. The number of fused-ring (bicyclic) bond motifs is 1. The molecule has 2 aromatic carbocycles. The molecule has 20 heavy (non-hydrogen) atoms. The topological polar surface area (TPSA) is 27.1 Å². The Morgan fingerprint density at radius 1 is 1.15 bits per heavy atom. The van der Waals surface area contributed by atoms with Gasteiger partial charge in [0.1, 0.15) is 5.75 Å². The predicted molar refractivity (Wildman–Crippen MR) is 81.8 cm³/mol. The zero-order chi connectivity index (χ0) is 13.8. The Morgan fingerprint density at radius 2 is 2.00 bits per heavy atom. The molecule has 0 spiro atoms. The van der Waals surface area contributed by atoms with Crippen molar-refractivity contribution < 1.29 is 4.74 Å². The van der Waals surface area contributed by atoms with Crippen molar-refractivity contribution in [2.75, 3.05) is 7.11 Å². The van der Waals surface area contributed by atoms with Gasteiger partial charge in [-0.2, -0.15) is 0 Å². The van der Waals surface area contributed by atoms with Crippen LogP contribution in [-0.4, -0.2) is 16.7 Å². The molecule has 0 radical (unpaired) electrons. The second-order valence-corrected chi connectivity index (χ2v) is 4.63. The lowest BCUT2D eigenvalue weighted by molar-refractivity contribution is 0.415. The number of nitrogens with zero attached hydrogens (tertiary/aromatic N) is 2. The van der Waals surface area contributed by atoms with Crippen LogP contribution in [0.2, 0.25) is 0 Å².